The number of alkyl halides is 3. The number of hydrogen-bond donors (Lipinski definition) is 2. The van der Waals surface area contributed by atoms with Crippen molar-refractivity contribution in [2.45, 2.75) is 57.9 Å². The van der Waals surface area contributed by atoms with Gasteiger partial charge in [-0.1, -0.05) is 6.07 Å². The lowest BCUT2D eigenvalue weighted by Crippen LogP contribution is -2.49. The lowest BCUT2D eigenvalue weighted by molar-refractivity contribution is -0.126. The number of nitrogens with zero attached hydrogens (tertiary/aromatic N) is 7. The van der Waals surface area contributed by atoms with Crippen molar-refractivity contribution in [3.8, 4) is 6.07 Å². The standard InChI is InChI=1S/C33H42F3N9O2S2/c1-21(19-43-11-13-44(14-12-43)49(4,46)47)45-25(18-37)15-27-22(2)23(5-6-29(27)45)20-42-9-7-24(8-10-42)39-30-28-16-26(17-33(34,35)36)48-31(28)41-32(38-3)40-30/h5-6,15-16,21,24H,7-14,17,19-20H2,1-4H3,(H2,38,39,40,41)/t21-/m0/s1. The highest BCUT2D eigenvalue weighted by Gasteiger charge is 2.30. The van der Waals surface area contributed by atoms with Crippen molar-refractivity contribution >= 4 is 54.2 Å². The molecule has 4 aromatic rings. The van der Waals surface area contributed by atoms with Crippen molar-refractivity contribution in [3.63, 3.8) is 0 Å². The van der Waals surface area contributed by atoms with E-state index in [2.05, 4.69) is 67.0 Å². The Balaban J connectivity index is 1.10. The second kappa shape index (κ2) is 14.0. The maximum atomic E-state index is 13.1. The summed E-state index contributed by atoms with van der Waals surface area (Å²) in [6.07, 6.45) is -2.32. The van der Waals surface area contributed by atoms with E-state index in [1.807, 2.05) is 6.07 Å². The number of fused-ring (bicyclic) bond motifs is 2. The Morgan fingerprint density at radius 3 is 2.41 bits per heavy atom. The molecule has 2 saturated heterocycles. The molecule has 0 aliphatic carbocycles. The first kappa shape index (κ1) is 35.3. The Morgan fingerprint density at radius 1 is 1.06 bits per heavy atom. The summed E-state index contributed by atoms with van der Waals surface area (Å²) in [5, 5.41) is 18.2. The smallest absolute Gasteiger partial charge is 0.367 e. The van der Waals surface area contributed by atoms with E-state index in [0.29, 0.717) is 53.9 Å². The predicted molar refractivity (Wildman–Crippen MR) is 188 cm³/mol. The minimum atomic E-state index is -4.29. The number of benzene rings is 1. The number of hydrogen-bond acceptors (Lipinski definition) is 10. The first-order chi connectivity index (χ1) is 23.2. The van der Waals surface area contributed by atoms with E-state index < -0.39 is 22.6 Å². The first-order valence-corrected chi connectivity index (χ1v) is 19.1. The van der Waals surface area contributed by atoms with Gasteiger partial charge in [0.1, 0.15) is 22.4 Å². The molecule has 6 rings (SSSR count). The van der Waals surface area contributed by atoms with Crippen molar-refractivity contribution in [3.05, 3.63) is 46.0 Å². The third-order valence-corrected chi connectivity index (χ3v) is 12.0. The molecule has 2 aliphatic heterocycles. The monoisotopic (exact) mass is 717 g/mol. The normalized spacial score (nSPS) is 18.2. The number of likely N-dealkylation sites (tertiary alicyclic amines) is 1. The maximum Gasteiger partial charge on any atom is 0.393 e. The van der Waals surface area contributed by atoms with Gasteiger partial charge in [0.25, 0.3) is 0 Å². The zero-order chi connectivity index (χ0) is 35.1. The van der Waals surface area contributed by atoms with Crippen molar-refractivity contribution < 1.29 is 21.6 Å². The average molecular weight is 718 g/mol. The Kier molecular flexibility index (Phi) is 10.1. The average Bonchev–Trinajstić information content (AvgIpc) is 3.63. The largest absolute Gasteiger partial charge is 0.393 e. The van der Waals surface area contributed by atoms with Gasteiger partial charge in [-0.3, -0.25) is 9.80 Å². The molecule has 2 N–H and O–H groups in total. The molecule has 0 bridgehead atoms. The van der Waals surface area contributed by atoms with Crippen molar-refractivity contribution in [1.29, 1.82) is 5.26 Å². The van der Waals surface area contributed by atoms with E-state index in [9.17, 15) is 26.9 Å². The SMILES string of the molecule is CNc1nc(NC2CCN(Cc3ccc4c(cc(C#N)n4[C@@H](C)CN4CCN(S(C)(=O)=O)CC4)c3C)CC2)c2cc(CC(F)(F)F)sc2n1. The summed E-state index contributed by atoms with van der Waals surface area (Å²) in [6.45, 7) is 9.67. The van der Waals surface area contributed by atoms with Crippen LogP contribution in [0, 0.1) is 18.3 Å². The number of thiophene rings is 1. The molecule has 0 amide bonds. The molecule has 0 unspecified atom stereocenters. The third kappa shape index (κ3) is 7.96. The van der Waals surface area contributed by atoms with Crippen molar-refractivity contribution in [2.24, 2.45) is 0 Å². The van der Waals surface area contributed by atoms with Crippen LogP contribution in [0.5, 0.6) is 0 Å². The molecular formula is C33H42F3N9O2S2. The molecule has 2 fully saturated rings. The van der Waals surface area contributed by atoms with E-state index in [1.165, 1.54) is 16.1 Å². The second-order valence-corrected chi connectivity index (χ2v) is 16.3. The zero-order valence-corrected chi connectivity index (χ0v) is 29.8. The van der Waals surface area contributed by atoms with Crippen LogP contribution in [0.3, 0.4) is 0 Å². The van der Waals surface area contributed by atoms with E-state index in [1.54, 1.807) is 13.1 Å². The molecule has 49 heavy (non-hydrogen) atoms. The van der Waals surface area contributed by atoms with Crippen LogP contribution in [0.1, 0.15) is 47.5 Å². The number of aromatic nitrogens is 3. The number of sulfonamides is 1. The molecule has 0 radical (unpaired) electrons. The molecule has 2 aliphatic rings. The van der Waals surface area contributed by atoms with Gasteiger partial charge in [0, 0.05) is 87.3 Å². The Morgan fingerprint density at radius 2 is 1.78 bits per heavy atom. The highest BCUT2D eigenvalue weighted by Crippen LogP contribution is 2.35. The zero-order valence-electron chi connectivity index (χ0n) is 28.1. The van der Waals surface area contributed by atoms with Gasteiger partial charge in [0.05, 0.1) is 18.1 Å². The number of halogens is 3. The van der Waals surface area contributed by atoms with Gasteiger partial charge < -0.3 is 15.2 Å². The highest BCUT2D eigenvalue weighted by molar-refractivity contribution is 7.88. The Hall–Kier alpha value is -3.49. The number of rotatable bonds is 10. The molecule has 1 atom stereocenters. The summed E-state index contributed by atoms with van der Waals surface area (Å²) in [7, 11) is -1.50. The van der Waals surface area contributed by atoms with Gasteiger partial charge in [0.2, 0.25) is 16.0 Å². The molecule has 16 heteroatoms. The number of piperidine rings is 1. The highest BCUT2D eigenvalue weighted by atomic mass is 32.2. The van der Waals surface area contributed by atoms with Crippen molar-refractivity contribution in [1.82, 2.24) is 28.6 Å². The maximum absolute atomic E-state index is 13.1. The van der Waals surface area contributed by atoms with Crippen LogP contribution in [0.2, 0.25) is 0 Å². The van der Waals surface area contributed by atoms with E-state index in [4.69, 9.17) is 0 Å². The summed E-state index contributed by atoms with van der Waals surface area (Å²) in [4.78, 5) is 14.3. The van der Waals surface area contributed by atoms with E-state index in [-0.39, 0.29) is 17.0 Å². The van der Waals surface area contributed by atoms with Gasteiger partial charge in [-0.05, 0) is 56.0 Å². The van der Waals surface area contributed by atoms with E-state index >= 15 is 0 Å². The van der Waals surface area contributed by atoms with Crippen LogP contribution >= 0.6 is 11.3 Å². The lowest BCUT2D eigenvalue weighted by Gasteiger charge is -2.35. The van der Waals surface area contributed by atoms with Crippen LogP contribution in [-0.2, 0) is 23.0 Å². The van der Waals surface area contributed by atoms with Crippen LogP contribution in [0.4, 0.5) is 24.9 Å². The fourth-order valence-electron chi connectivity index (χ4n) is 7.07. The molecule has 11 nitrogen and oxygen atoms in total. The summed E-state index contributed by atoms with van der Waals surface area (Å²) >= 11 is 1.05. The minimum Gasteiger partial charge on any atom is -0.367 e. The fraction of sp³-hybridized carbons (Fsp3) is 0.545. The molecule has 5 heterocycles. The topological polar surface area (TPSA) is 122 Å². The first-order valence-electron chi connectivity index (χ1n) is 16.5. The van der Waals surface area contributed by atoms with Crippen LogP contribution in [-0.4, -0.2) is 108 Å². The van der Waals surface area contributed by atoms with E-state index in [0.717, 1.165) is 66.8 Å². The molecule has 3 aromatic heterocycles. The van der Waals surface area contributed by atoms with Crippen LogP contribution < -0.4 is 10.6 Å². The fourth-order valence-corrected chi connectivity index (χ4v) is 8.95. The second-order valence-electron chi connectivity index (χ2n) is 13.2. The number of anilines is 2. The quantitative estimate of drug-likeness (QED) is 0.228. The van der Waals surface area contributed by atoms with Gasteiger partial charge in [-0.15, -0.1) is 11.3 Å². The number of aryl methyl sites for hydroxylation is 1. The molecular weight excluding hydrogens is 676 g/mol. The molecule has 0 saturated carbocycles. The third-order valence-electron chi connectivity index (χ3n) is 9.65. The van der Waals surface area contributed by atoms with Gasteiger partial charge >= 0.3 is 6.18 Å². The van der Waals surface area contributed by atoms with Gasteiger partial charge in [0.15, 0.2) is 0 Å². The Bertz CT molecular complexity index is 1970. The molecule has 1 aromatic carbocycles. The molecule has 264 valence electrons. The number of nitriles is 1. The minimum absolute atomic E-state index is 0.0272. The van der Waals surface area contributed by atoms with Crippen LogP contribution in [0.25, 0.3) is 21.1 Å². The summed E-state index contributed by atoms with van der Waals surface area (Å²) < 4.78 is 66.7. The van der Waals surface area contributed by atoms with Crippen molar-refractivity contribution in [2.75, 3.05) is 69.8 Å². The summed E-state index contributed by atoms with van der Waals surface area (Å²) in [5.41, 5.74) is 3.99. The number of nitrogens with one attached hydrogen (secondary N) is 2. The predicted octanol–water partition coefficient (Wildman–Crippen LogP) is 5.19. The van der Waals surface area contributed by atoms with Crippen LogP contribution in [0.15, 0.2) is 24.3 Å². The Labute approximate surface area is 288 Å². The lowest BCUT2D eigenvalue weighted by atomic mass is 10.0. The number of piperazine rings is 1. The molecule has 0 spiro atoms. The summed E-state index contributed by atoms with van der Waals surface area (Å²) in [5.74, 6) is 0.927. The summed E-state index contributed by atoms with van der Waals surface area (Å²) in [6, 6.07) is 10.3. The van der Waals surface area contributed by atoms with Gasteiger partial charge in [-0.25, -0.2) is 13.4 Å². The van der Waals surface area contributed by atoms with Gasteiger partial charge in [-0.2, -0.15) is 27.7 Å².